The molecule has 1 rings (SSSR count). The molecular formula is C10H21N. The van der Waals surface area contributed by atoms with E-state index in [1.165, 1.54) is 6.42 Å². The van der Waals surface area contributed by atoms with Crippen LogP contribution in [0.1, 0.15) is 41.0 Å². The third-order valence-corrected chi connectivity index (χ3v) is 2.47. The van der Waals surface area contributed by atoms with Crippen LogP contribution in [0.5, 0.6) is 0 Å². The summed E-state index contributed by atoms with van der Waals surface area (Å²) in [6.07, 6.45) is 1.42. The molecule has 0 aromatic rings. The van der Waals surface area contributed by atoms with E-state index in [0.717, 1.165) is 11.8 Å². The summed E-state index contributed by atoms with van der Waals surface area (Å²) >= 11 is 0. The predicted octanol–water partition coefficient (Wildman–Crippen LogP) is 2.42. The summed E-state index contributed by atoms with van der Waals surface area (Å²) in [6, 6.07) is 0.699. The lowest BCUT2D eigenvalue weighted by atomic mass is 10.1. The zero-order valence-electron chi connectivity index (χ0n) is 8.44. The van der Waals surface area contributed by atoms with Gasteiger partial charge in [0.05, 0.1) is 0 Å². The minimum atomic E-state index is 0.279. The van der Waals surface area contributed by atoms with Crippen molar-refractivity contribution in [3.63, 3.8) is 0 Å². The fraction of sp³-hybridized carbons (Fsp3) is 1.00. The molecule has 0 amide bonds. The quantitative estimate of drug-likeness (QED) is 0.645. The van der Waals surface area contributed by atoms with Crippen molar-refractivity contribution in [3.8, 4) is 0 Å². The average molecular weight is 155 g/mol. The Kier molecular flexibility index (Phi) is 2.29. The van der Waals surface area contributed by atoms with Crippen molar-refractivity contribution in [2.45, 2.75) is 52.6 Å². The van der Waals surface area contributed by atoms with Gasteiger partial charge in [-0.3, -0.25) is 0 Å². The third kappa shape index (κ3) is 2.82. The van der Waals surface area contributed by atoms with Gasteiger partial charge in [0.25, 0.3) is 0 Å². The van der Waals surface area contributed by atoms with Crippen LogP contribution in [0.2, 0.25) is 0 Å². The highest BCUT2D eigenvalue weighted by atomic mass is 15.0. The topological polar surface area (TPSA) is 12.0 Å². The van der Waals surface area contributed by atoms with Crippen LogP contribution in [0.25, 0.3) is 0 Å². The summed E-state index contributed by atoms with van der Waals surface area (Å²) in [6.45, 7) is 11.3. The van der Waals surface area contributed by atoms with E-state index in [1.807, 2.05) is 0 Å². The van der Waals surface area contributed by atoms with Crippen LogP contribution in [0.4, 0.5) is 0 Å². The van der Waals surface area contributed by atoms with Crippen molar-refractivity contribution in [3.05, 3.63) is 0 Å². The largest absolute Gasteiger partial charge is 0.309 e. The molecule has 1 heteroatoms. The molecule has 1 aliphatic carbocycles. The van der Waals surface area contributed by atoms with E-state index in [2.05, 4.69) is 39.9 Å². The molecule has 0 aliphatic heterocycles. The first-order valence-electron chi connectivity index (χ1n) is 4.68. The summed E-state index contributed by atoms with van der Waals surface area (Å²) in [5.74, 6) is 1.90. The fourth-order valence-corrected chi connectivity index (χ4v) is 1.84. The van der Waals surface area contributed by atoms with Gasteiger partial charge >= 0.3 is 0 Å². The summed E-state index contributed by atoms with van der Waals surface area (Å²) in [5, 5.41) is 3.61. The highest BCUT2D eigenvalue weighted by Gasteiger charge is 2.38. The number of hydrogen-bond donors (Lipinski definition) is 1. The first-order valence-corrected chi connectivity index (χ1v) is 4.68. The van der Waals surface area contributed by atoms with Crippen molar-refractivity contribution in [2.24, 2.45) is 11.8 Å². The number of rotatable bonds is 2. The zero-order valence-corrected chi connectivity index (χ0v) is 8.44. The molecule has 1 nitrogen and oxygen atoms in total. The first-order chi connectivity index (χ1) is 4.90. The van der Waals surface area contributed by atoms with E-state index >= 15 is 0 Å². The summed E-state index contributed by atoms with van der Waals surface area (Å²) in [7, 11) is 0. The van der Waals surface area contributed by atoms with Gasteiger partial charge in [0.1, 0.15) is 0 Å². The number of hydrogen-bond acceptors (Lipinski definition) is 1. The van der Waals surface area contributed by atoms with Crippen LogP contribution in [-0.4, -0.2) is 11.6 Å². The molecule has 0 radical (unpaired) electrons. The van der Waals surface area contributed by atoms with Gasteiger partial charge in [-0.2, -0.15) is 0 Å². The maximum atomic E-state index is 3.61. The Morgan fingerprint density at radius 3 is 2.09 bits per heavy atom. The van der Waals surface area contributed by atoms with E-state index in [4.69, 9.17) is 0 Å². The van der Waals surface area contributed by atoms with E-state index in [0.29, 0.717) is 6.04 Å². The van der Waals surface area contributed by atoms with Crippen LogP contribution >= 0.6 is 0 Å². The van der Waals surface area contributed by atoms with Gasteiger partial charge in [-0.05, 0) is 46.0 Å². The molecule has 3 unspecified atom stereocenters. The SMILES string of the molecule is CC1CC1C(C)NC(C)(C)C. The Labute approximate surface area is 70.6 Å². The second-order valence-electron chi connectivity index (χ2n) is 5.06. The van der Waals surface area contributed by atoms with Crippen LogP contribution in [0.3, 0.4) is 0 Å². The predicted molar refractivity (Wildman–Crippen MR) is 49.6 cm³/mol. The average Bonchev–Trinajstić information content (AvgIpc) is 2.41. The molecule has 1 fully saturated rings. The minimum Gasteiger partial charge on any atom is -0.309 e. The molecule has 0 aromatic carbocycles. The molecule has 0 bridgehead atoms. The molecule has 0 saturated heterocycles. The van der Waals surface area contributed by atoms with Gasteiger partial charge in [0, 0.05) is 11.6 Å². The smallest absolute Gasteiger partial charge is 0.00991 e. The lowest BCUT2D eigenvalue weighted by molar-refractivity contribution is 0.343. The summed E-state index contributed by atoms with van der Waals surface area (Å²) < 4.78 is 0. The van der Waals surface area contributed by atoms with Crippen LogP contribution < -0.4 is 5.32 Å². The second-order valence-corrected chi connectivity index (χ2v) is 5.06. The molecule has 1 saturated carbocycles. The Balaban J connectivity index is 2.27. The van der Waals surface area contributed by atoms with Crippen molar-refractivity contribution in [1.82, 2.24) is 5.32 Å². The number of nitrogens with one attached hydrogen (secondary N) is 1. The van der Waals surface area contributed by atoms with Crippen LogP contribution in [0.15, 0.2) is 0 Å². The molecule has 1 aliphatic rings. The van der Waals surface area contributed by atoms with Gasteiger partial charge < -0.3 is 5.32 Å². The molecule has 66 valence electrons. The lowest BCUT2D eigenvalue weighted by Gasteiger charge is -2.26. The standard InChI is InChI=1S/C10H21N/c1-7-6-9(7)8(2)11-10(3,4)5/h7-9,11H,6H2,1-5H3. The molecule has 11 heavy (non-hydrogen) atoms. The van der Waals surface area contributed by atoms with Gasteiger partial charge in [0.15, 0.2) is 0 Å². The maximum Gasteiger partial charge on any atom is 0.00991 e. The Morgan fingerprint density at radius 1 is 1.36 bits per heavy atom. The molecular weight excluding hydrogens is 134 g/mol. The van der Waals surface area contributed by atoms with E-state index in [1.54, 1.807) is 0 Å². The van der Waals surface area contributed by atoms with E-state index in [-0.39, 0.29) is 5.54 Å². The highest BCUT2D eigenvalue weighted by molar-refractivity contribution is 4.92. The molecule has 0 spiro atoms. The van der Waals surface area contributed by atoms with Crippen LogP contribution in [-0.2, 0) is 0 Å². The minimum absolute atomic E-state index is 0.279. The fourth-order valence-electron chi connectivity index (χ4n) is 1.84. The first kappa shape index (κ1) is 9.05. The molecule has 0 heterocycles. The molecule has 1 N–H and O–H groups in total. The Hall–Kier alpha value is -0.0400. The van der Waals surface area contributed by atoms with E-state index in [9.17, 15) is 0 Å². The van der Waals surface area contributed by atoms with Crippen LogP contribution in [0, 0.1) is 11.8 Å². The summed E-state index contributed by atoms with van der Waals surface area (Å²) in [5.41, 5.74) is 0.279. The lowest BCUT2D eigenvalue weighted by Crippen LogP contribution is -2.43. The zero-order chi connectivity index (χ0) is 8.65. The van der Waals surface area contributed by atoms with Gasteiger partial charge in [-0.15, -0.1) is 0 Å². The molecule has 3 atom stereocenters. The molecule has 0 aromatic heterocycles. The second kappa shape index (κ2) is 2.78. The van der Waals surface area contributed by atoms with Gasteiger partial charge in [0.2, 0.25) is 0 Å². The van der Waals surface area contributed by atoms with Crippen molar-refractivity contribution < 1.29 is 0 Å². The van der Waals surface area contributed by atoms with Crippen molar-refractivity contribution >= 4 is 0 Å². The Morgan fingerprint density at radius 2 is 1.82 bits per heavy atom. The highest BCUT2D eigenvalue weighted by Crippen LogP contribution is 2.40. The van der Waals surface area contributed by atoms with Crippen molar-refractivity contribution in [1.29, 1.82) is 0 Å². The monoisotopic (exact) mass is 155 g/mol. The Bertz CT molecular complexity index is 134. The maximum absolute atomic E-state index is 3.61. The third-order valence-electron chi connectivity index (χ3n) is 2.47. The summed E-state index contributed by atoms with van der Waals surface area (Å²) in [4.78, 5) is 0. The van der Waals surface area contributed by atoms with Crippen molar-refractivity contribution in [2.75, 3.05) is 0 Å². The van der Waals surface area contributed by atoms with Gasteiger partial charge in [-0.25, -0.2) is 0 Å². The van der Waals surface area contributed by atoms with E-state index < -0.39 is 0 Å². The normalized spacial score (nSPS) is 33.5. The van der Waals surface area contributed by atoms with Gasteiger partial charge in [-0.1, -0.05) is 6.92 Å².